The van der Waals surface area contributed by atoms with Crippen LogP contribution in [0.2, 0.25) is 0 Å². The molecule has 162 valence electrons. The molecule has 7 nitrogen and oxygen atoms in total. The highest BCUT2D eigenvalue weighted by atomic mass is 16.5. The van der Waals surface area contributed by atoms with Crippen molar-refractivity contribution in [3.05, 3.63) is 48.0 Å². The minimum atomic E-state index is -1.00. The SMILES string of the molecule is COc1ccc(OC)c(NC(=O)C(C)OC(=O)c2ccc(OCCC(C)C)cc2)c1. The number of esters is 1. The lowest BCUT2D eigenvalue weighted by atomic mass is 10.1. The molecule has 1 amide bonds. The van der Waals surface area contributed by atoms with Crippen LogP contribution < -0.4 is 19.5 Å². The number of anilines is 1. The summed E-state index contributed by atoms with van der Waals surface area (Å²) in [5.74, 6) is 1.20. The third-order valence-corrected chi connectivity index (χ3v) is 4.37. The second-order valence-corrected chi connectivity index (χ2v) is 7.16. The fraction of sp³-hybridized carbons (Fsp3) is 0.391. The average Bonchev–Trinajstić information content (AvgIpc) is 2.73. The molecule has 2 rings (SSSR count). The Morgan fingerprint density at radius 1 is 0.933 bits per heavy atom. The summed E-state index contributed by atoms with van der Waals surface area (Å²) in [5.41, 5.74) is 0.762. The van der Waals surface area contributed by atoms with E-state index in [2.05, 4.69) is 19.2 Å². The zero-order chi connectivity index (χ0) is 22.1. The second-order valence-electron chi connectivity index (χ2n) is 7.16. The van der Waals surface area contributed by atoms with E-state index < -0.39 is 18.0 Å². The van der Waals surface area contributed by atoms with Gasteiger partial charge in [-0.2, -0.15) is 0 Å². The lowest BCUT2D eigenvalue weighted by Crippen LogP contribution is -2.30. The molecule has 2 aromatic carbocycles. The normalized spacial score (nSPS) is 11.5. The van der Waals surface area contributed by atoms with Crippen LogP contribution >= 0.6 is 0 Å². The lowest BCUT2D eigenvalue weighted by molar-refractivity contribution is -0.123. The van der Waals surface area contributed by atoms with Crippen molar-refractivity contribution in [2.24, 2.45) is 5.92 Å². The number of carbonyl (C=O) groups is 2. The Bertz CT molecular complexity index is 847. The molecule has 0 spiro atoms. The summed E-state index contributed by atoms with van der Waals surface area (Å²) < 4.78 is 21.3. The van der Waals surface area contributed by atoms with E-state index in [0.717, 1.165) is 6.42 Å². The van der Waals surface area contributed by atoms with E-state index in [1.165, 1.54) is 21.1 Å². The van der Waals surface area contributed by atoms with E-state index in [4.69, 9.17) is 18.9 Å². The smallest absolute Gasteiger partial charge is 0.338 e. The summed E-state index contributed by atoms with van der Waals surface area (Å²) in [6.45, 7) is 6.38. The van der Waals surface area contributed by atoms with E-state index in [0.29, 0.717) is 41.0 Å². The molecule has 1 N–H and O–H groups in total. The van der Waals surface area contributed by atoms with Crippen LogP contribution in [-0.2, 0) is 9.53 Å². The standard InChI is InChI=1S/C23H29NO6/c1-15(2)12-13-29-18-8-6-17(7-9-18)23(26)30-16(3)22(25)24-20-14-19(27-4)10-11-21(20)28-5/h6-11,14-16H,12-13H2,1-5H3,(H,24,25). The number of carbonyl (C=O) groups excluding carboxylic acids is 2. The molecule has 1 unspecified atom stereocenters. The highest BCUT2D eigenvalue weighted by Gasteiger charge is 2.20. The van der Waals surface area contributed by atoms with E-state index in [9.17, 15) is 9.59 Å². The summed E-state index contributed by atoms with van der Waals surface area (Å²) >= 11 is 0. The number of nitrogens with one attached hydrogen (secondary N) is 1. The Labute approximate surface area is 177 Å². The first-order valence-electron chi connectivity index (χ1n) is 9.80. The van der Waals surface area contributed by atoms with Crippen molar-refractivity contribution < 1.29 is 28.5 Å². The number of hydrogen-bond acceptors (Lipinski definition) is 6. The molecule has 0 aliphatic heterocycles. The fourth-order valence-electron chi connectivity index (χ4n) is 2.53. The van der Waals surface area contributed by atoms with Gasteiger partial charge in [-0.3, -0.25) is 4.79 Å². The van der Waals surface area contributed by atoms with E-state index >= 15 is 0 Å². The Balaban J connectivity index is 1.94. The first-order chi connectivity index (χ1) is 14.3. The van der Waals surface area contributed by atoms with Gasteiger partial charge in [0.15, 0.2) is 6.10 Å². The molecule has 0 aromatic heterocycles. The molecule has 0 radical (unpaired) electrons. The number of hydrogen-bond donors (Lipinski definition) is 1. The predicted molar refractivity (Wildman–Crippen MR) is 114 cm³/mol. The summed E-state index contributed by atoms with van der Waals surface area (Å²) in [6, 6.07) is 11.7. The van der Waals surface area contributed by atoms with Crippen LogP contribution in [-0.4, -0.2) is 38.8 Å². The summed E-state index contributed by atoms with van der Waals surface area (Å²) in [7, 11) is 3.02. The highest BCUT2D eigenvalue weighted by molar-refractivity contribution is 5.98. The van der Waals surface area contributed by atoms with Crippen LogP contribution in [0.15, 0.2) is 42.5 Å². The second kappa shape index (κ2) is 11.1. The molecule has 7 heteroatoms. The van der Waals surface area contributed by atoms with Gasteiger partial charge in [-0.25, -0.2) is 4.79 Å². The maximum absolute atomic E-state index is 12.5. The first kappa shape index (κ1) is 23.1. The molecule has 1 atom stereocenters. The van der Waals surface area contributed by atoms with Crippen molar-refractivity contribution in [1.82, 2.24) is 0 Å². The van der Waals surface area contributed by atoms with Gasteiger partial charge in [-0.1, -0.05) is 13.8 Å². The predicted octanol–water partition coefficient (Wildman–Crippen LogP) is 4.31. The first-order valence-corrected chi connectivity index (χ1v) is 9.80. The maximum Gasteiger partial charge on any atom is 0.338 e. The van der Waals surface area contributed by atoms with Gasteiger partial charge in [-0.05, 0) is 55.7 Å². The van der Waals surface area contributed by atoms with Gasteiger partial charge in [0.1, 0.15) is 17.2 Å². The van der Waals surface area contributed by atoms with E-state index in [1.54, 1.807) is 42.5 Å². The molecular formula is C23H29NO6. The van der Waals surface area contributed by atoms with Crippen molar-refractivity contribution in [2.45, 2.75) is 33.3 Å². The minimum Gasteiger partial charge on any atom is -0.497 e. The number of benzene rings is 2. The average molecular weight is 415 g/mol. The summed E-state index contributed by atoms with van der Waals surface area (Å²) in [6.07, 6.45) is -0.0514. The van der Waals surface area contributed by atoms with Crippen molar-refractivity contribution >= 4 is 17.6 Å². The molecular weight excluding hydrogens is 386 g/mol. The van der Waals surface area contributed by atoms with Crippen molar-refractivity contribution in [3.63, 3.8) is 0 Å². The van der Waals surface area contributed by atoms with Crippen LogP contribution in [0.25, 0.3) is 0 Å². The fourth-order valence-corrected chi connectivity index (χ4v) is 2.53. The number of methoxy groups -OCH3 is 2. The Kier molecular flexibility index (Phi) is 8.53. The Morgan fingerprint density at radius 3 is 2.20 bits per heavy atom. The zero-order valence-electron chi connectivity index (χ0n) is 18.1. The van der Waals surface area contributed by atoms with Gasteiger partial charge in [0.05, 0.1) is 32.1 Å². The Hall–Kier alpha value is -3.22. The van der Waals surface area contributed by atoms with Gasteiger partial charge in [0.25, 0.3) is 5.91 Å². The quantitative estimate of drug-likeness (QED) is 0.582. The molecule has 0 fully saturated rings. The largest absolute Gasteiger partial charge is 0.497 e. The Morgan fingerprint density at radius 2 is 1.60 bits per heavy atom. The molecule has 30 heavy (non-hydrogen) atoms. The molecule has 0 saturated carbocycles. The zero-order valence-corrected chi connectivity index (χ0v) is 18.1. The van der Waals surface area contributed by atoms with Gasteiger partial charge in [0, 0.05) is 6.07 Å². The van der Waals surface area contributed by atoms with E-state index in [1.807, 2.05) is 0 Å². The van der Waals surface area contributed by atoms with Crippen LogP contribution in [0.5, 0.6) is 17.2 Å². The summed E-state index contributed by atoms with van der Waals surface area (Å²) in [5, 5.41) is 2.69. The summed E-state index contributed by atoms with van der Waals surface area (Å²) in [4.78, 5) is 24.8. The molecule has 0 saturated heterocycles. The van der Waals surface area contributed by atoms with Gasteiger partial charge < -0.3 is 24.3 Å². The van der Waals surface area contributed by atoms with Crippen LogP contribution in [0, 0.1) is 5.92 Å². The number of ether oxygens (including phenoxy) is 4. The molecule has 0 bridgehead atoms. The third-order valence-electron chi connectivity index (χ3n) is 4.37. The molecule has 0 aliphatic rings. The van der Waals surface area contributed by atoms with Gasteiger partial charge >= 0.3 is 5.97 Å². The third kappa shape index (κ3) is 6.69. The van der Waals surface area contributed by atoms with Crippen molar-refractivity contribution in [3.8, 4) is 17.2 Å². The van der Waals surface area contributed by atoms with Crippen LogP contribution in [0.1, 0.15) is 37.6 Å². The molecule has 0 heterocycles. The maximum atomic E-state index is 12.5. The molecule has 0 aliphatic carbocycles. The van der Waals surface area contributed by atoms with Crippen molar-refractivity contribution in [1.29, 1.82) is 0 Å². The molecule has 2 aromatic rings. The number of amides is 1. The minimum absolute atomic E-state index is 0.338. The van der Waals surface area contributed by atoms with E-state index in [-0.39, 0.29) is 0 Å². The van der Waals surface area contributed by atoms with Gasteiger partial charge in [0.2, 0.25) is 0 Å². The monoisotopic (exact) mass is 415 g/mol. The van der Waals surface area contributed by atoms with Crippen LogP contribution in [0.3, 0.4) is 0 Å². The lowest BCUT2D eigenvalue weighted by Gasteiger charge is -2.16. The van der Waals surface area contributed by atoms with Gasteiger partial charge in [-0.15, -0.1) is 0 Å². The number of rotatable bonds is 10. The highest BCUT2D eigenvalue weighted by Crippen LogP contribution is 2.29. The topological polar surface area (TPSA) is 83.1 Å². The van der Waals surface area contributed by atoms with Crippen LogP contribution in [0.4, 0.5) is 5.69 Å². The van der Waals surface area contributed by atoms with Crippen molar-refractivity contribution in [2.75, 3.05) is 26.1 Å².